The van der Waals surface area contributed by atoms with Gasteiger partial charge in [0, 0.05) is 0 Å². The number of hydrogen-bond acceptors (Lipinski definition) is 4. The first-order chi connectivity index (χ1) is 8.72. The molecule has 0 bridgehead atoms. The van der Waals surface area contributed by atoms with E-state index in [0.717, 1.165) is 17.2 Å². The minimum absolute atomic E-state index is 0.369. The maximum absolute atomic E-state index is 5.67. The highest BCUT2D eigenvalue weighted by atomic mass is 35.5. The van der Waals surface area contributed by atoms with Crippen molar-refractivity contribution in [3.8, 4) is 10.9 Å². The zero-order chi connectivity index (χ0) is 13.0. The third-order valence-corrected chi connectivity index (χ3v) is 4.04. The molecule has 1 atom stereocenters. The summed E-state index contributed by atoms with van der Waals surface area (Å²) in [5.74, 6) is 1.72. The fourth-order valence-corrected chi connectivity index (χ4v) is 2.31. The van der Waals surface area contributed by atoms with Gasteiger partial charge in [0.1, 0.15) is 10.8 Å². The number of hydrogen-bond donors (Lipinski definition) is 0. The molecule has 0 fully saturated rings. The molecule has 0 radical (unpaired) electrons. The second-order valence-electron chi connectivity index (χ2n) is 4.08. The minimum Gasteiger partial charge on any atom is -0.430 e. The average Bonchev–Trinajstić information content (AvgIpc) is 2.86. The second kappa shape index (κ2) is 6.16. The first-order valence-corrected chi connectivity index (χ1v) is 7.24. The molecule has 3 nitrogen and oxygen atoms in total. The Balaban J connectivity index is 2.06. The largest absolute Gasteiger partial charge is 0.430 e. The highest BCUT2D eigenvalue weighted by molar-refractivity contribution is 7.13. The fraction of sp³-hybridized carbons (Fsp3) is 0.385. The van der Waals surface area contributed by atoms with Crippen molar-refractivity contribution in [1.82, 2.24) is 10.2 Å². The van der Waals surface area contributed by atoms with Crippen molar-refractivity contribution in [2.75, 3.05) is 0 Å². The summed E-state index contributed by atoms with van der Waals surface area (Å²) in [6, 6.07) is 8.10. The number of nitrogens with zero attached hydrogens (tertiary/aromatic N) is 2. The Bertz CT molecular complexity index is 498. The predicted molar refractivity (Wildman–Crippen MR) is 74.7 cm³/mol. The van der Waals surface area contributed by atoms with E-state index >= 15 is 0 Å². The molecule has 1 aromatic heterocycles. The van der Waals surface area contributed by atoms with Gasteiger partial charge in [-0.3, -0.25) is 0 Å². The Morgan fingerprint density at radius 2 is 2.00 bits per heavy atom. The first-order valence-electron chi connectivity index (χ1n) is 5.89. The van der Waals surface area contributed by atoms with Crippen LogP contribution < -0.4 is 4.74 Å². The fourth-order valence-electron chi connectivity index (χ4n) is 1.53. The number of rotatable bonds is 5. The number of alkyl halides is 1. The monoisotopic (exact) mass is 282 g/mol. The van der Waals surface area contributed by atoms with Crippen molar-refractivity contribution < 1.29 is 4.74 Å². The summed E-state index contributed by atoms with van der Waals surface area (Å²) in [5, 5.41) is 9.12. The molecule has 5 heteroatoms. The van der Waals surface area contributed by atoms with Gasteiger partial charge in [-0.1, -0.05) is 42.4 Å². The normalized spacial score (nSPS) is 12.4. The molecule has 1 unspecified atom stereocenters. The standard InChI is InChI=1S/C13H15ClN2OS/c1-3-9(2)10-4-6-11(7-5-10)17-13-16-15-12(8-14)18-13/h4-7,9H,3,8H2,1-2H3. The van der Waals surface area contributed by atoms with Crippen LogP contribution in [0.4, 0.5) is 0 Å². The molecule has 0 spiro atoms. The van der Waals surface area contributed by atoms with E-state index in [1.54, 1.807) is 0 Å². The van der Waals surface area contributed by atoms with E-state index in [1.807, 2.05) is 12.1 Å². The maximum Gasteiger partial charge on any atom is 0.299 e. The zero-order valence-corrected chi connectivity index (χ0v) is 12.0. The quantitative estimate of drug-likeness (QED) is 0.753. The van der Waals surface area contributed by atoms with Crippen LogP contribution in [0.5, 0.6) is 10.9 Å². The summed E-state index contributed by atoms with van der Waals surface area (Å²) in [7, 11) is 0. The number of ether oxygens (including phenoxy) is 1. The van der Waals surface area contributed by atoms with Gasteiger partial charge in [-0.25, -0.2) is 0 Å². The Morgan fingerprint density at radius 3 is 2.56 bits per heavy atom. The molecule has 0 aliphatic rings. The first kappa shape index (κ1) is 13.3. The Kier molecular flexibility index (Phi) is 4.55. The SMILES string of the molecule is CCC(C)c1ccc(Oc2nnc(CCl)s2)cc1. The summed E-state index contributed by atoms with van der Waals surface area (Å²) >= 11 is 7.03. The molecule has 1 heterocycles. The van der Waals surface area contributed by atoms with E-state index in [1.165, 1.54) is 16.9 Å². The van der Waals surface area contributed by atoms with Crippen LogP contribution in [0, 0.1) is 0 Å². The van der Waals surface area contributed by atoms with Crippen LogP contribution in [0.1, 0.15) is 36.8 Å². The van der Waals surface area contributed by atoms with Crippen molar-refractivity contribution in [1.29, 1.82) is 0 Å². The molecular formula is C13H15ClN2OS. The third-order valence-electron chi connectivity index (χ3n) is 2.83. The molecule has 0 saturated heterocycles. The molecule has 96 valence electrons. The predicted octanol–water partition coefficient (Wildman–Crippen LogP) is 4.58. The molecule has 18 heavy (non-hydrogen) atoms. The summed E-state index contributed by atoms with van der Waals surface area (Å²) in [4.78, 5) is 0. The van der Waals surface area contributed by atoms with Crippen LogP contribution in [0.3, 0.4) is 0 Å². The van der Waals surface area contributed by atoms with Crippen LogP contribution in [-0.2, 0) is 5.88 Å². The Hall–Kier alpha value is -1.13. The van der Waals surface area contributed by atoms with Crippen LogP contribution in [-0.4, -0.2) is 10.2 Å². The topological polar surface area (TPSA) is 35.0 Å². The van der Waals surface area contributed by atoms with Gasteiger partial charge in [-0.15, -0.1) is 16.7 Å². The number of benzene rings is 1. The lowest BCUT2D eigenvalue weighted by Gasteiger charge is -2.09. The Labute approximate surface area is 116 Å². The highest BCUT2D eigenvalue weighted by Crippen LogP contribution is 2.27. The van der Waals surface area contributed by atoms with Gasteiger partial charge in [0.15, 0.2) is 0 Å². The Morgan fingerprint density at radius 1 is 1.28 bits per heavy atom. The molecule has 0 amide bonds. The lowest BCUT2D eigenvalue weighted by Crippen LogP contribution is -1.91. The molecule has 0 aliphatic carbocycles. The summed E-state index contributed by atoms with van der Waals surface area (Å²) in [6.07, 6.45) is 1.13. The number of aromatic nitrogens is 2. The van der Waals surface area contributed by atoms with E-state index < -0.39 is 0 Å². The summed E-state index contributed by atoms with van der Waals surface area (Å²) in [6.45, 7) is 4.40. The van der Waals surface area contributed by atoms with Gasteiger partial charge < -0.3 is 4.74 Å². The van der Waals surface area contributed by atoms with E-state index in [4.69, 9.17) is 16.3 Å². The van der Waals surface area contributed by atoms with Gasteiger partial charge in [0.05, 0.1) is 5.88 Å². The second-order valence-corrected chi connectivity index (χ2v) is 5.37. The van der Waals surface area contributed by atoms with Gasteiger partial charge in [0.2, 0.25) is 0 Å². The molecule has 2 rings (SSSR count). The van der Waals surface area contributed by atoms with Gasteiger partial charge in [-0.05, 0) is 30.0 Å². The maximum atomic E-state index is 5.67. The van der Waals surface area contributed by atoms with Crippen LogP contribution in [0.25, 0.3) is 0 Å². The van der Waals surface area contributed by atoms with Crippen molar-refractivity contribution >= 4 is 22.9 Å². The molecule has 0 saturated carbocycles. The minimum atomic E-state index is 0.369. The third kappa shape index (κ3) is 3.21. The van der Waals surface area contributed by atoms with Crippen LogP contribution in [0.15, 0.2) is 24.3 Å². The van der Waals surface area contributed by atoms with Crippen LogP contribution in [0.2, 0.25) is 0 Å². The highest BCUT2D eigenvalue weighted by Gasteiger charge is 2.06. The van der Waals surface area contributed by atoms with Gasteiger partial charge >= 0.3 is 0 Å². The zero-order valence-electron chi connectivity index (χ0n) is 10.4. The van der Waals surface area contributed by atoms with Crippen molar-refractivity contribution in [3.63, 3.8) is 0 Å². The molecular weight excluding hydrogens is 268 g/mol. The van der Waals surface area contributed by atoms with E-state index in [-0.39, 0.29) is 0 Å². The van der Waals surface area contributed by atoms with Gasteiger partial charge in [-0.2, -0.15) is 0 Å². The number of halogens is 1. The van der Waals surface area contributed by atoms with E-state index in [2.05, 4.69) is 36.2 Å². The lowest BCUT2D eigenvalue weighted by molar-refractivity contribution is 0.472. The smallest absolute Gasteiger partial charge is 0.299 e. The molecule has 0 N–H and O–H groups in total. The van der Waals surface area contributed by atoms with Crippen LogP contribution >= 0.6 is 22.9 Å². The molecule has 1 aromatic carbocycles. The van der Waals surface area contributed by atoms with Crippen molar-refractivity contribution in [2.24, 2.45) is 0 Å². The average molecular weight is 283 g/mol. The molecule has 0 aliphatic heterocycles. The van der Waals surface area contributed by atoms with E-state index in [9.17, 15) is 0 Å². The molecule has 2 aromatic rings. The summed E-state index contributed by atoms with van der Waals surface area (Å²) < 4.78 is 5.62. The summed E-state index contributed by atoms with van der Waals surface area (Å²) in [5.41, 5.74) is 1.32. The van der Waals surface area contributed by atoms with Crippen molar-refractivity contribution in [3.05, 3.63) is 34.8 Å². The van der Waals surface area contributed by atoms with Crippen molar-refractivity contribution in [2.45, 2.75) is 32.1 Å². The van der Waals surface area contributed by atoms with E-state index in [0.29, 0.717) is 17.0 Å². The van der Waals surface area contributed by atoms with Gasteiger partial charge in [0.25, 0.3) is 5.19 Å². The lowest BCUT2D eigenvalue weighted by atomic mass is 9.99.